The molecule has 3 aromatic carbocycles. The summed E-state index contributed by atoms with van der Waals surface area (Å²) < 4.78 is 0. The number of allylic oxidation sites excluding steroid dienone is 4. The minimum Gasteiger partial charge on any atom is -1.00 e. The van der Waals surface area contributed by atoms with Crippen LogP contribution in [0.4, 0.5) is 0 Å². The Hall–Kier alpha value is -1.06. The average molecular weight is 590 g/mol. The van der Waals surface area contributed by atoms with Gasteiger partial charge in [0.25, 0.3) is 0 Å². The summed E-state index contributed by atoms with van der Waals surface area (Å²) in [6.07, 6.45) is 4.06. The Kier molecular flexibility index (Phi) is 12.8. The number of benzene rings is 3. The summed E-state index contributed by atoms with van der Waals surface area (Å²) in [5.74, 6) is 0. The molecule has 1 atom stereocenters. The minimum absolute atomic E-state index is 0. The second-order valence-corrected chi connectivity index (χ2v) is 13.9. The number of rotatable bonds is 4. The minimum atomic E-state index is -2.60. The summed E-state index contributed by atoms with van der Waals surface area (Å²) in [5, 5.41) is 4.29. The molecule has 0 fully saturated rings. The van der Waals surface area contributed by atoms with E-state index in [1.807, 2.05) is 0 Å². The monoisotopic (exact) mass is 588 g/mol. The first-order valence-corrected chi connectivity index (χ1v) is 13.6. The molecule has 0 aromatic heterocycles. The van der Waals surface area contributed by atoms with Crippen LogP contribution in [-0.4, -0.2) is 8.07 Å². The topological polar surface area (TPSA) is 0 Å². The van der Waals surface area contributed by atoms with Crippen LogP contribution in [0, 0.1) is 33.8 Å². The second-order valence-electron chi connectivity index (χ2n) is 9.74. The van der Waals surface area contributed by atoms with E-state index in [1.54, 1.807) is 0 Å². The van der Waals surface area contributed by atoms with Gasteiger partial charge in [0.2, 0.25) is 0 Å². The molecule has 36 heavy (non-hydrogen) atoms. The van der Waals surface area contributed by atoms with Gasteiger partial charge in [-0.1, -0.05) is 92.5 Å². The molecule has 0 bridgehead atoms. The van der Waals surface area contributed by atoms with Gasteiger partial charge in [0.05, 0.1) is 0 Å². The molecule has 3 aromatic rings. The zero-order valence-electron chi connectivity index (χ0n) is 22.5. The molecular weight excluding hydrogens is 555 g/mol. The SMILES string of the molecule is CC1=[C-]C(C)([Si](c2ccccc2)(c2cccc(C)c2C)c2cccc(C)c2C)C(C)=C1C.[Cl-].[Cl-].[Cl-].[Ti+4]. The van der Waals surface area contributed by atoms with Crippen LogP contribution in [-0.2, 0) is 21.7 Å². The maximum atomic E-state index is 4.06. The van der Waals surface area contributed by atoms with Crippen LogP contribution < -0.4 is 52.8 Å². The normalized spacial score (nSPS) is 16.7. The molecular formula is C31H35Cl3SiTi. The summed E-state index contributed by atoms with van der Waals surface area (Å²) >= 11 is 0. The smallest absolute Gasteiger partial charge is 1.00 e. The average Bonchev–Trinajstić information content (AvgIpc) is 2.98. The van der Waals surface area contributed by atoms with Crippen molar-refractivity contribution in [2.24, 2.45) is 0 Å². The van der Waals surface area contributed by atoms with Gasteiger partial charge in [-0.15, -0.1) is 6.92 Å². The Bertz CT molecular complexity index is 1210. The van der Waals surface area contributed by atoms with E-state index in [-0.39, 0.29) is 64.0 Å². The van der Waals surface area contributed by atoms with E-state index in [1.165, 1.54) is 54.5 Å². The Balaban J connectivity index is 0.00000306. The fourth-order valence-corrected chi connectivity index (χ4v) is 12.5. The van der Waals surface area contributed by atoms with Crippen molar-refractivity contribution in [2.45, 2.75) is 60.4 Å². The van der Waals surface area contributed by atoms with Crippen LogP contribution in [0.5, 0.6) is 0 Å². The summed E-state index contributed by atoms with van der Waals surface area (Å²) in [5.41, 5.74) is 9.73. The van der Waals surface area contributed by atoms with E-state index < -0.39 is 8.07 Å². The van der Waals surface area contributed by atoms with E-state index in [0.717, 1.165) is 0 Å². The summed E-state index contributed by atoms with van der Waals surface area (Å²) in [6, 6.07) is 25.2. The maximum absolute atomic E-state index is 4.06. The standard InChI is InChI=1S/C31H35Si.3ClH.Ti/c1-21-14-12-18-29(25(21)5)32(28-16-10-9-11-17-28,30-19-13-15-22(2)26(30)6)31(8)20-23(3)24(4)27(31)7;;;;/h9-19H,1-8H3;3*1H;/q-1;;;;+4/p-3. The third-order valence-corrected chi connectivity index (χ3v) is 14.2. The predicted octanol–water partition coefficient (Wildman–Crippen LogP) is -2.74. The van der Waals surface area contributed by atoms with Crippen molar-refractivity contribution in [2.75, 3.05) is 0 Å². The fourth-order valence-electron chi connectivity index (χ4n) is 5.88. The maximum Gasteiger partial charge on any atom is 4.00 e. The summed E-state index contributed by atoms with van der Waals surface area (Å²) in [4.78, 5) is 0. The molecule has 0 saturated heterocycles. The third-order valence-electron chi connectivity index (χ3n) is 8.29. The van der Waals surface area contributed by atoms with Gasteiger partial charge in [0, 0.05) is 0 Å². The van der Waals surface area contributed by atoms with Crippen LogP contribution in [0.25, 0.3) is 0 Å². The summed E-state index contributed by atoms with van der Waals surface area (Å²) in [6.45, 7) is 18.5. The molecule has 5 heteroatoms. The van der Waals surface area contributed by atoms with E-state index in [9.17, 15) is 0 Å². The van der Waals surface area contributed by atoms with Crippen LogP contribution in [0.1, 0.15) is 49.9 Å². The van der Waals surface area contributed by atoms with Gasteiger partial charge in [-0.25, -0.2) is 5.57 Å². The van der Waals surface area contributed by atoms with Crippen LogP contribution in [0.15, 0.2) is 83.4 Å². The molecule has 4 rings (SSSR count). The number of hydrogen-bond acceptors (Lipinski definition) is 0. The van der Waals surface area contributed by atoms with Gasteiger partial charge in [-0.05, 0) is 65.5 Å². The number of hydrogen-bond donors (Lipinski definition) is 0. The number of aryl methyl sites for hydroxylation is 2. The molecule has 0 amide bonds. The molecule has 1 aliphatic rings. The first-order chi connectivity index (χ1) is 15.2. The zero-order chi connectivity index (χ0) is 23.3. The van der Waals surface area contributed by atoms with Gasteiger partial charge >= 0.3 is 21.7 Å². The van der Waals surface area contributed by atoms with E-state index >= 15 is 0 Å². The molecule has 0 nitrogen and oxygen atoms in total. The van der Waals surface area contributed by atoms with Gasteiger partial charge < -0.3 is 37.2 Å². The van der Waals surface area contributed by atoms with E-state index in [4.69, 9.17) is 0 Å². The predicted molar refractivity (Wildman–Crippen MR) is 142 cm³/mol. The molecule has 1 unspecified atom stereocenters. The quantitative estimate of drug-likeness (QED) is 0.176. The summed E-state index contributed by atoms with van der Waals surface area (Å²) in [7, 11) is -2.60. The number of halogens is 3. The molecule has 0 radical (unpaired) electrons. The molecule has 0 heterocycles. The Morgan fingerprint density at radius 1 is 0.611 bits per heavy atom. The van der Waals surface area contributed by atoms with Crippen molar-refractivity contribution in [1.29, 1.82) is 0 Å². The van der Waals surface area contributed by atoms with Crippen molar-refractivity contribution >= 4 is 23.6 Å². The molecule has 0 N–H and O–H groups in total. The van der Waals surface area contributed by atoms with Crippen LogP contribution in [0.2, 0.25) is 5.04 Å². The second kappa shape index (κ2) is 13.1. The third kappa shape index (κ3) is 5.13. The fraction of sp³-hybridized carbons (Fsp3) is 0.290. The van der Waals surface area contributed by atoms with Crippen molar-refractivity contribution in [3.63, 3.8) is 0 Å². The van der Waals surface area contributed by atoms with E-state index in [2.05, 4.69) is 128 Å². The van der Waals surface area contributed by atoms with Crippen LogP contribution in [0.3, 0.4) is 0 Å². The van der Waals surface area contributed by atoms with E-state index in [0.29, 0.717) is 0 Å². The first kappa shape index (κ1) is 34.9. The van der Waals surface area contributed by atoms with Gasteiger partial charge in [-0.3, -0.25) is 6.08 Å². The van der Waals surface area contributed by atoms with Crippen molar-refractivity contribution < 1.29 is 58.9 Å². The molecule has 0 spiro atoms. The van der Waals surface area contributed by atoms with Crippen LogP contribution >= 0.6 is 0 Å². The van der Waals surface area contributed by atoms with Gasteiger partial charge in [0.1, 0.15) is 8.07 Å². The Labute approximate surface area is 253 Å². The molecule has 0 saturated carbocycles. The Morgan fingerprint density at radius 3 is 1.44 bits per heavy atom. The van der Waals surface area contributed by atoms with Crippen molar-refractivity contribution in [3.8, 4) is 0 Å². The molecule has 1 aliphatic carbocycles. The van der Waals surface area contributed by atoms with Crippen molar-refractivity contribution in [1.82, 2.24) is 0 Å². The zero-order valence-corrected chi connectivity index (χ0v) is 27.3. The Morgan fingerprint density at radius 2 is 1.06 bits per heavy atom. The molecule has 188 valence electrons. The largest absolute Gasteiger partial charge is 4.00 e. The van der Waals surface area contributed by atoms with Gasteiger partial charge in [0.15, 0.2) is 0 Å². The van der Waals surface area contributed by atoms with Crippen molar-refractivity contribution in [3.05, 3.63) is 112 Å². The van der Waals surface area contributed by atoms with Gasteiger partial charge in [-0.2, -0.15) is 11.1 Å². The molecule has 0 aliphatic heterocycles. The first-order valence-electron chi connectivity index (χ1n) is 11.6.